The highest BCUT2D eigenvalue weighted by Crippen LogP contribution is 2.30. The van der Waals surface area contributed by atoms with Gasteiger partial charge in [-0.3, -0.25) is 0 Å². The summed E-state index contributed by atoms with van der Waals surface area (Å²) in [5.74, 6) is -0.417. The number of fused-ring (bicyclic) bond motifs is 1. The lowest BCUT2D eigenvalue weighted by Gasteiger charge is -2.37. The van der Waals surface area contributed by atoms with Crippen LogP contribution in [0, 0.1) is 12.7 Å². The first-order chi connectivity index (χ1) is 10.6. The molecule has 1 aliphatic rings. The predicted octanol–water partition coefficient (Wildman–Crippen LogP) is 3.93. The van der Waals surface area contributed by atoms with Gasteiger partial charge in [-0.25, -0.2) is 9.18 Å². The first kappa shape index (κ1) is 14.6. The van der Waals surface area contributed by atoms with Gasteiger partial charge in [-0.15, -0.1) is 0 Å². The Kier molecular flexibility index (Phi) is 3.88. The SMILES string of the molecule is CCC1c2ccc(C)n2CCN1C(=O)Nc1ccccc1F. The number of rotatable bonds is 2. The second-order valence-electron chi connectivity index (χ2n) is 5.58. The molecule has 5 heteroatoms. The molecule has 1 aromatic heterocycles. The predicted molar refractivity (Wildman–Crippen MR) is 84.3 cm³/mol. The quantitative estimate of drug-likeness (QED) is 0.896. The monoisotopic (exact) mass is 301 g/mol. The fourth-order valence-corrected chi connectivity index (χ4v) is 3.13. The number of anilines is 1. The molecule has 2 aromatic rings. The summed E-state index contributed by atoms with van der Waals surface area (Å²) in [7, 11) is 0. The molecule has 116 valence electrons. The van der Waals surface area contributed by atoms with E-state index in [0.717, 1.165) is 18.7 Å². The number of aryl methyl sites for hydroxylation is 1. The third kappa shape index (κ3) is 2.47. The number of carbonyl (C=O) groups excluding carboxylic acids is 1. The smallest absolute Gasteiger partial charge is 0.322 e. The van der Waals surface area contributed by atoms with Crippen LogP contribution in [0.1, 0.15) is 30.8 Å². The van der Waals surface area contributed by atoms with Crippen LogP contribution >= 0.6 is 0 Å². The van der Waals surface area contributed by atoms with E-state index in [-0.39, 0.29) is 17.8 Å². The van der Waals surface area contributed by atoms with Crippen molar-refractivity contribution in [1.82, 2.24) is 9.47 Å². The van der Waals surface area contributed by atoms with Crippen molar-refractivity contribution in [2.45, 2.75) is 32.9 Å². The van der Waals surface area contributed by atoms with Crippen molar-refractivity contribution in [3.05, 3.63) is 53.6 Å². The lowest BCUT2D eigenvalue weighted by molar-refractivity contribution is 0.165. The van der Waals surface area contributed by atoms with Crippen LogP contribution in [0.2, 0.25) is 0 Å². The van der Waals surface area contributed by atoms with E-state index >= 15 is 0 Å². The van der Waals surface area contributed by atoms with Gasteiger partial charge in [-0.05, 0) is 37.6 Å². The number of hydrogen-bond donors (Lipinski definition) is 1. The molecule has 0 aliphatic carbocycles. The third-order valence-corrected chi connectivity index (χ3v) is 4.28. The van der Waals surface area contributed by atoms with Crippen LogP contribution in [-0.2, 0) is 6.54 Å². The fraction of sp³-hybridized carbons (Fsp3) is 0.353. The molecule has 0 fully saturated rings. The molecule has 22 heavy (non-hydrogen) atoms. The van der Waals surface area contributed by atoms with Crippen LogP contribution in [-0.4, -0.2) is 22.0 Å². The summed E-state index contributed by atoms with van der Waals surface area (Å²) in [4.78, 5) is 14.3. The summed E-state index contributed by atoms with van der Waals surface area (Å²) in [6.07, 6.45) is 0.828. The number of benzene rings is 1. The highest BCUT2D eigenvalue weighted by Gasteiger charge is 2.30. The minimum absolute atomic E-state index is 0.0224. The Bertz CT molecular complexity index is 695. The Morgan fingerprint density at radius 2 is 2.05 bits per heavy atom. The third-order valence-electron chi connectivity index (χ3n) is 4.28. The number of carbonyl (C=O) groups is 1. The van der Waals surface area contributed by atoms with E-state index in [2.05, 4.69) is 35.9 Å². The van der Waals surface area contributed by atoms with Crippen LogP contribution in [0.4, 0.5) is 14.9 Å². The molecule has 0 saturated heterocycles. The van der Waals surface area contributed by atoms with Crippen LogP contribution < -0.4 is 5.32 Å². The first-order valence-corrected chi connectivity index (χ1v) is 7.60. The first-order valence-electron chi connectivity index (χ1n) is 7.60. The van der Waals surface area contributed by atoms with Gasteiger partial charge in [0.05, 0.1) is 11.7 Å². The summed E-state index contributed by atoms with van der Waals surface area (Å²) < 4.78 is 16.0. The van der Waals surface area contributed by atoms with E-state index < -0.39 is 5.82 Å². The van der Waals surface area contributed by atoms with E-state index in [4.69, 9.17) is 0 Å². The Hall–Kier alpha value is -2.30. The average Bonchev–Trinajstić information content (AvgIpc) is 2.90. The lowest BCUT2D eigenvalue weighted by Crippen LogP contribution is -2.44. The number of para-hydroxylation sites is 1. The van der Waals surface area contributed by atoms with Crippen molar-refractivity contribution >= 4 is 11.7 Å². The largest absolute Gasteiger partial charge is 0.345 e. The van der Waals surface area contributed by atoms with Gasteiger partial charge in [0.15, 0.2) is 0 Å². The molecule has 4 nitrogen and oxygen atoms in total. The molecule has 2 heterocycles. The minimum Gasteiger partial charge on any atom is -0.345 e. The molecule has 1 aliphatic heterocycles. The topological polar surface area (TPSA) is 37.3 Å². The molecular formula is C17H20FN3O. The number of hydrogen-bond acceptors (Lipinski definition) is 1. The molecule has 2 amide bonds. The second-order valence-corrected chi connectivity index (χ2v) is 5.58. The Morgan fingerprint density at radius 1 is 1.27 bits per heavy atom. The van der Waals surface area contributed by atoms with Crippen molar-refractivity contribution in [2.24, 2.45) is 0 Å². The Labute approximate surface area is 129 Å². The molecular weight excluding hydrogens is 281 g/mol. The van der Waals surface area contributed by atoms with Crippen molar-refractivity contribution in [1.29, 1.82) is 0 Å². The Balaban J connectivity index is 1.83. The summed E-state index contributed by atoms with van der Waals surface area (Å²) in [5, 5.41) is 2.68. The zero-order valence-electron chi connectivity index (χ0n) is 12.8. The van der Waals surface area contributed by atoms with Crippen LogP contribution in [0.15, 0.2) is 36.4 Å². The molecule has 1 unspecified atom stereocenters. The molecule has 0 saturated carbocycles. The summed E-state index contributed by atoms with van der Waals surface area (Å²) >= 11 is 0. The average molecular weight is 301 g/mol. The van der Waals surface area contributed by atoms with Gasteiger partial charge < -0.3 is 14.8 Å². The molecule has 0 radical (unpaired) electrons. The maximum Gasteiger partial charge on any atom is 0.322 e. The summed E-state index contributed by atoms with van der Waals surface area (Å²) in [6.45, 7) is 5.54. The van der Waals surface area contributed by atoms with Crippen molar-refractivity contribution < 1.29 is 9.18 Å². The van der Waals surface area contributed by atoms with E-state index in [9.17, 15) is 9.18 Å². The number of amides is 2. The number of nitrogens with zero attached hydrogens (tertiary/aromatic N) is 2. The Morgan fingerprint density at radius 3 is 2.77 bits per heavy atom. The van der Waals surface area contributed by atoms with Crippen molar-refractivity contribution in [3.63, 3.8) is 0 Å². The van der Waals surface area contributed by atoms with Gasteiger partial charge in [-0.2, -0.15) is 0 Å². The van der Waals surface area contributed by atoms with Gasteiger partial charge >= 0.3 is 6.03 Å². The van der Waals surface area contributed by atoms with Gasteiger partial charge in [0.1, 0.15) is 5.82 Å². The molecule has 0 bridgehead atoms. The minimum atomic E-state index is -0.417. The van der Waals surface area contributed by atoms with Crippen molar-refractivity contribution in [3.8, 4) is 0 Å². The highest BCUT2D eigenvalue weighted by atomic mass is 19.1. The molecule has 1 atom stereocenters. The molecule has 0 spiro atoms. The maximum atomic E-state index is 13.7. The van der Waals surface area contributed by atoms with Crippen LogP contribution in [0.5, 0.6) is 0 Å². The lowest BCUT2D eigenvalue weighted by atomic mass is 10.1. The van der Waals surface area contributed by atoms with E-state index in [1.165, 1.54) is 11.8 Å². The number of urea groups is 1. The van der Waals surface area contributed by atoms with Crippen molar-refractivity contribution in [2.75, 3.05) is 11.9 Å². The molecule has 3 rings (SSSR count). The van der Waals surface area contributed by atoms with Gasteiger partial charge in [0.25, 0.3) is 0 Å². The zero-order valence-corrected chi connectivity index (χ0v) is 12.8. The molecule has 1 N–H and O–H groups in total. The molecule has 1 aromatic carbocycles. The zero-order chi connectivity index (χ0) is 15.7. The standard InChI is InChI=1S/C17H20FN3O/c1-3-15-16-9-8-12(2)20(16)10-11-21(15)17(22)19-14-7-5-4-6-13(14)18/h4-9,15H,3,10-11H2,1-2H3,(H,19,22). The van der Waals surface area contributed by atoms with Gasteiger partial charge in [-0.1, -0.05) is 19.1 Å². The summed E-state index contributed by atoms with van der Waals surface area (Å²) in [6, 6.07) is 10.2. The van der Waals surface area contributed by atoms with Gasteiger partial charge in [0, 0.05) is 24.5 Å². The van der Waals surface area contributed by atoms with E-state index in [1.807, 2.05) is 0 Å². The second kappa shape index (κ2) is 5.83. The number of nitrogens with one attached hydrogen (secondary N) is 1. The van der Waals surface area contributed by atoms with Crippen LogP contribution in [0.3, 0.4) is 0 Å². The van der Waals surface area contributed by atoms with E-state index in [1.54, 1.807) is 23.1 Å². The summed E-state index contributed by atoms with van der Waals surface area (Å²) in [5.41, 5.74) is 2.58. The highest BCUT2D eigenvalue weighted by molar-refractivity contribution is 5.89. The maximum absolute atomic E-state index is 13.7. The van der Waals surface area contributed by atoms with Gasteiger partial charge in [0.2, 0.25) is 0 Å². The normalized spacial score (nSPS) is 17.2. The van der Waals surface area contributed by atoms with E-state index in [0.29, 0.717) is 6.54 Å². The number of aromatic nitrogens is 1. The number of halogens is 1. The van der Waals surface area contributed by atoms with Crippen LogP contribution in [0.25, 0.3) is 0 Å². The fourth-order valence-electron chi connectivity index (χ4n) is 3.13.